The molecule has 0 radical (unpaired) electrons. The van der Waals surface area contributed by atoms with Crippen LogP contribution in [-0.4, -0.2) is 45.0 Å². The quantitative estimate of drug-likeness (QED) is 0.473. The van der Waals surface area contributed by atoms with Crippen molar-refractivity contribution < 1.29 is 23.8 Å². The van der Waals surface area contributed by atoms with E-state index in [1.807, 2.05) is 6.07 Å². The zero-order valence-electron chi connectivity index (χ0n) is 15.0. The maximum atomic E-state index is 13.4. The molecule has 1 aromatic heterocycles. The van der Waals surface area contributed by atoms with Gasteiger partial charge in [0.05, 0.1) is 34.9 Å². The van der Waals surface area contributed by atoms with Crippen LogP contribution in [0.3, 0.4) is 0 Å². The van der Waals surface area contributed by atoms with Crippen LogP contribution in [0.15, 0.2) is 6.07 Å². The van der Waals surface area contributed by atoms with Crippen molar-refractivity contribution in [1.82, 2.24) is 0 Å². The molecule has 144 valence electrons. The molecule has 0 unspecified atom stereocenters. The number of hydrogen-bond donors (Lipinski definition) is 0. The average molecular weight is 493 g/mol. The highest BCUT2D eigenvalue weighted by Crippen LogP contribution is 2.37. The van der Waals surface area contributed by atoms with Gasteiger partial charge in [-0.25, -0.2) is 4.79 Å². The van der Waals surface area contributed by atoms with E-state index in [9.17, 15) is 9.59 Å². The van der Waals surface area contributed by atoms with Crippen molar-refractivity contribution in [2.75, 3.05) is 32.0 Å². The first-order valence-corrected chi connectivity index (χ1v) is 10.8. The highest BCUT2D eigenvalue weighted by molar-refractivity contribution is 14.1. The maximum absolute atomic E-state index is 13.4. The van der Waals surface area contributed by atoms with E-state index < -0.39 is 5.97 Å². The first-order chi connectivity index (χ1) is 12.5. The van der Waals surface area contributed by atoms with Crippen LogP contribution in [0.5, 0.6) is 0 Å². The fourth-order valence-corrected chi connectivity index (χ4v) is 5.34. The van der Waals surface area contributed by atoms with Gasteiger partial charge in [0.25, 0.3) is 0 Å². The lowest BCUT2D eigenvalue weighted by Gasteiger charge is -2.37. The highest BCUT2D eigenvalue weighted by Gasteiger charge is 2.37. The third-order valence-electron chi connectivity index (χ3n) is 5.07. The van der Waals surface area contributed by atoms with Crippen LogP contribution < -0.4 is 4.90 Å². The SMILES string of the molecule is COC(=O)c1sc(I)cc1N(C(=O)[C@H]1CC[C@H](C)CC1)C1COCOC1. The number of amides is 1. The van der Waals surface area contributed by atoms with Crippen LogP contribution in [0.1, 0.15) is 42.3 Å². The van der Waals surface area contributed by atoms with Crippen molar-refractivity contribution in [1.29, 1.82) is 0 Å². The molecule has 6 nitrogen and oxygen atoms in total. The summed E-state index contributed by atoms with van der Waals surface area (Å²) in [6, 6.07) is 1.65. The van der Waals surface area contributed by atoms with Crippen LogP contribution in [0, 0.1) is 14.7 Å². The minimum absolute atomic E-state index is 0.0174. The predicted octanol–water partition coefficient (Wildman–Crippen LogP) is 3.67. The van der Waals surface area contributed by atoms with Crippen molar-refractivity contribution in [2.24, 2.45) is 11.8 Å². The summed E-state index contributed by atoms with van der Waals surface area (Å²) in [5.41, 5.74) is 0.619. The molecular formula is C18H24INO5S. The van der Waals surface area contributed by atoms with E-state index in [0.29, 0.717) is 29.7 Å². The Morgan fingerprint density at radius 1 is 1.23 bits per heavy atom. The van der Waals surface area contributed by atoms with E-state index in [1.165, 1.54) is 18.4 Å². The summed E-state index contributed by atoms with van der Waals surface area (Å²) >= 11 is 3.51. The fraction of sp³-hybridized carbons (Fsp3) is 0.667. The molecule has 26 heavy (non-hydrogen) atoms. The Morgan fingerprint density at radius 3 is 2.50 bits per heavy atom. The van der Waals surface area contributed by atoms with Gasteiger partial charge < -0.3 is 19.1 Å². The van der Waals surface area contributed by atoms with E-state index in [2.05, 4.69) is 29.5 Å². The molecule has 1 saturated heterocycles. The zero-order chi connectivity index (χ0) is 18.7. The van der Waals surface area contributed by atoms with Gasteiger partial charge in [0, 0.05) is 5.92 Å². The summed E-state index contributed by atoms with van der Waals surface area (Å²) < 4.78 is 16.8. The second-order valence-corrected chi connectivity index (χ2v) is 9.88. The fourth-order valence-electron chi connectivity index (χ4n) is 3.59. The second kappa shape index (κ2) is 8.99. The number of methoxy groups -OCH3 is 1. The number of rotatable bonds is 4. The third-order valence-corrected chi connectivity index (χ3v) is 6.93. The summed E-state index contributed by atoms with van der Waals surface area (Å²) in [6.45, 7) is 3.28. The molecule has 0 bridgehead atoms. The van der Waals surface area contributed by atoms with E-state index >= 15 is 0 Å². The summed E-state index contributed by atoms with van der Waals surface area (Å²) in [4.78, 5) is 27.9. The minimum Gasteiger partial charge on any atom is -0.465 e. The number of esters is 1. The van der Waals surface area contributed by atoms with Gasteiger partial charge in [-0.1, -0.05) is 6.92 Å². The first kappa shape index (κ1) is 20.0. The van der Waals surface area contributed by atoms with Gasteiger partial charge >= 0.3 is 5.97 Å². The topological polar surface area (TPSA) is 65.1 Å². The second-order valence-electron chi connectivity index (χ2n) is 6.93. The smallest absolute Gasteiger partial charge is 0.350 e. The molecule has 2 fully saturated rings. The Bertz CT molecular complexity index is 650. The molecule has 3 rings (SSSR count). The van der Waals surface area contributed by atoms with Crippen LogP contribution in [0.4, 0.5) is 5.69 Å². The normalized spacial score (nSPS) is 24.3. The number of thiophene rings is 1. The number of carbonyl (C=O) groups is 2. The first-order valence-electron chi connectivity index (χ1n) is 8.87. The number of ether oxygens (including phenoxy) is 3. The third kappa shape index (κ3) is 4.40. The summed E-state index contributed by atoms with van der Waals surface area (Å²) in [6.07, 6.45) is 3.90. The number of nitrogens with zero attached hydrogens (tertiary/aromatic N) is 1. The predicted molar refractivity (Wildman–Crippen MR) is 108 cm³/mol. The summed E-state index contributed by atoms with van der Waals surface area (Å²) in [7, 11) is 1.36. The van der Waals surface area contributed by atoms with Crippen LogP contribution in [0.25, 0.3) is 0 Å². The molecule has 1 saturated carbocycles. The van der Waals surface area contributed by atoms with Crippen molar-refractivity contribution in [3.8, 4) is 0 Å². The lowest BCUT2D eigenvalue weighted by atomic mass is 9.82. The van der Waals surface area contributed by atoms with E-state index in [0.717, 1.165) is 28.6 Å². The molecule has 0 aromatic carbocycles. The van der Waals surface area contributed by atoms with E-state index in [1.54, 1.807) is 4.90 Å². The molecule has 8 heteroatoms. The Balaban J connectivity index is 1.93. The molecule has 0 atom stereocenters. The molecule has 1 aromatic rings. The summed E-state index contributed by atoms with van der Waals surface area (Å²) in [5, 5.41) is 0. The molecule has 2 heterocycles. The number of carbonyl (C=O) groups excluding carboxylic acids is 2. The van der Waals surface area contributed by atoms with Gasteiger partial charge in [0.15, 0.2) is 0 Å². The number of anilines is 1. The molecule has 1 aliphatic carbocycles. The number of halogens is 1. The van der Waals surface area contributed by atoms with Gasteiger partial charge in [-0.05, 0) is 60.3 Å². The lowest BCUT2D eigenvalue weighted by molar-refractivity contribution is -0.131. The standard InChI is InChI=1S/C18H24INO5S/c1-11-3-5-12(6-4-11)17(21)20(13-8-24-10-25-9-13)14-7-15(19)26-16(14)18(22)23-2/h7,11-13H,3-6,8-10H2,1-2H3/t11-,12-. The van der Waals surface area contributed by atoms with Gasteiger partial charge in [-0.3, -0.25) is 4.79 Å². The van der Waals surface area contributed by atoms with Crippen LogP contribution >= 0.6 is 33.9 Å². The van der Waals surface area contributed by atoms with Crippen LogP contribution in [0.2, 0.25) is 0 Å². The molecular weight excluding hydrogens is 469 g/mol. The van der Waals surface area contributed by atoms with Crippen molar-refractivity contribution in [3.63, 3.8) is 0 Å². The molecule has 0 spiro atoms. The lowest BCUT2D eigenvalue weighted by Crippen LogP contribution is -2.51. The van der Waals surface area contributed by atoms with Crippen molar-refractivity contribution in [2.45, 2.75) is 38.6 Å². The molecule has 0 N–H and O–H groups in total. The minimum atomic E-state index is -0.416. The Labute approximate surface area is 171 Å². The van der Waals surface area contributed by atoms with Crippen molar-refractivity contribution in [3.05, 3.63) is 13.8 Å². The molecule has 1 aliphatic heterocycles. The summed E-state index contributed by atoms with van der Waals surface area (Å²) in [5.74, 6) is 0.300. The largest absolute Gasteiger partial charge is 0.465 e. The highest BCUT2D eigenvalue weighted by atomic mass is 127. The van der Waals surface area contributed by atoms with Crippen LogP contribution in [-0.2, 0) is 19.0 Å². The zero-order valence-corrected chi connectivity index (χ0v) is 18.0. The molecule has 2 aliphatic rings. The maximum Gasteiger partial charge on any atom is 0.350 e. The van der Waals surface area contributed by atoms with E-state index in [4.69, 9.17) is 14.2 Å². The van der Waals surface area contributed by atoms with Gasteiger partial charge in [0.1, 0.15) is 11.7 Å². The van der Waals surface area contributed by atoms with Gasteiger partial charge in [0.2, 0.25) is 5.91 Å². The van der Waals surface area contributed by atoms with Gasteiger partial charge in [-0.15, -0.1) is 11.3 Å². The van der Waals surface area contributed by atoms with E-state index in [-0.39, 0.29) is 24.7 Å². The monoisotopic (exact) mass is 493 g/mol. The Kier molecular flexibility index (Phi) is 6.92. The van der Waals surface area contributed by atoms with Crippen molar-refractivity contribution >= 4 is 51.5 Å². The number of hydrogen-bond acceptors (Lipinski definition) is 6. The Morgan fingerprint density at radius 2 is 1.88 bits per heavy atom. The average Bonchev–Trinajstić information content (AvgIpc) is 3.04. The van der Waals surface area contributed by atoms with Gasteiger partial charge in [-0.2, -0.15) is 0 Å². The molecule has 1 amide bonds. The Hall–Kier alpha value is -0.710.